The summed E-state index contributed by atoms with van der Waals surface area (Å²) in [6, 6.07) is 6.42. The van der Waals surface area contributed by atoms with Crippen molar-refractivity contribution < 1.29 is 0 Å². The second-order valence-electron chi connectivity index (χ2n) is 7.08. The summed E-state index contributed by atoms with van der Waals surface area (Å²) in [6.45, 7) is 13.4. The van der Waals surface area contributed by atoms with Crippen LogP contribution in [0.2, 0.25) is 0 Å². The van der Waals surface area contributed by atoms with Crippen molar-refractivity contribution in [3.05, 3.63) is 23.9 Å². The largest absolute Gasteiger partial charge is 0.357 e. The standard InChI is InChI=1S/C18H31N3/c1-14(2)12-19-13-17-6-5-7-18(20-17)21-10-8-16(9-11-21)15(3)4/h5-7,14-16,19H,8-13H2,1-4H3. The zero-order valence-corrected chi connectivity index (χ0v) is 14.1. The van der Waals surface area contributed by atoms with E-state index in [2.05, 4.69) is 56.1 Å². The molecule has 0 radical (unpaired) electrons. The molecule has 0 spiro atoms. The molecule has 0 aliphatic carbocycles. The second-order valence-corrected chi connectivity index (χ2v) is 7.08. The fourth-order valence-corrected chi connectivity index (χ4v) is 3.03. The molecule has 2 heterocycles. The van der Waals surface area contributed by atoms with Crippen LogP contribution in [0.5, 0.6) is 0 Å². The Morgan fingerprint density at radius 3 is 2.52 bits per heavy atom. The topological polar surface area (TPSA) is 28.2 Å². The molecule has 1 saturated heterocycles. The maximum absolute atomic E-state index is 4.83. The van der Waals surface area contributed by atoms with Gasteiger partial charge in [0.25, 0.3) is 0 Å². The van der Waals surface area contributed by atoms with Crippen molar-refractivity contribution in [1.29, 1.82) is 0 Å². The quantitative estimate of drug-likeness (QED) is 0.865. The molecule has 21 heavy (non-hydrogen) atoms. The van der Waals surface area contributed by atoms with Gasteiger partial charge >= 0.3 is 0 Å². The molecular weight excluding hydrogens is 258 g/mol. The van der Waals surface area contributed by atoms with Crippen molar-refractivity contribution in [2.45, 2.75) is 47.1 Å². The summed E-state index contributed by atoms with van der Waals surface area (Å²) in [5.74, 6) is 3.54. The van der Waals surface area contributed by atoms with Gasteiger partial charge in [0, 0.05) is 19.6 Å². The van der Waals surface area contributed by atoms with Crippen molar-refractivity contribution >= 4 is 5.82 Å². The van der Waals surface area contributed by atoms with Gasteiger partial charge in [-0.25, -0.2) is 4.98 Å². The summed E-state index contributed by atoms with van der Waals surface area (Å²) in [7, 11) is 0. The van der Waals surface area contributed by atoms with E-state index in [9.17, 15) is 0 Å². The van der Waals surface area contributed by atoms with Gasteiger partial charge in [0.2, 0.25) is 0 Å². The fraction of sp³-hybridized carbons (Fsp3) is 0.722. The first-order valence-corrected chi connectivity index (χ1v) is 8.48. The molecule has 118 valence electrons. The minimum absolute atomic E-state index is 0.684. The van der Waals surface area contributed by atoms with Crippen molar-refractivity contribution in [3.63, 3.8) is 0 Å². The van der Waals surface area contributed by atoms with Gasteiger partial charge in [-0.15, -0.1) is 0 Å². The first-order valence-electron chi connectivity index (χ1n) is 8.48. The van der Waals surface area contributed by atoms with E-state index in [0.717, 1.165) is 49.5 Å². The number of rotatable bonds is 6. The Bertz CT molecular complexity index is 420. The third-order valence-corrected chi connectivity index (χ3v) is 4.46. The number of piperidine rings is 1. The normalized spacial score (nSPS) is 17.0. The van der Waals surface area contributed by atoms with Gasteiger partial charge < -0.3 is 10.2 Å². The molecule has 0 aromatic carbocycles. The van der Waals surface area contributed by atoms with Crippen LogP contribution in [0.15, 0.2) is 18.2 Å². The predicted molar refractivity (Wildman–Crippen MR) is 90.6 cm³/mol. The van der Waals surface area contributed by atoms with Crippen molar-refractivity contribution in [1.82, 2.24) is 10.3 Å². The molecule has 1 aromatic rings. The molecule has 0 bridgehead atoms. The van der Waals surface area contributed by atoms with Crippen molar-refractivity contribution in [3.8, 4) is 0 Å². The Hall–Kier alpha value is -1.09. The maximum atomic E-state index is 4.83. The fourth-order valence-electron chi connectivity index (χ4n) is 3.03. The first kappa shape index (κ1) is 16.3. The van der Waals surface area contributed by atoms with Gasteiger partial charge in [-0.3, -0.25) is 0 Å². The summed E-state index contributed by atoms with van der Waals surface area (Å²) in [5, 5.41) is 3.47. The van der Waals surface area contributed by atoms with Gasteiger partial charge in [0.1, 0.15) is 5.82 Å². The molecule has 1 aliphatic rings. The van der Waals surface area contributed by atoms with E-state index in [1.54, 1.807) is 0 Å². The average molecular weight is 289 g/mol. The molecule has 1 N–H and O–H groups in total. The van der Waals surface area contributed by atoms with Gasteiger partial charge in [-0.1, -0.05) is 33.8 Å². The van der Waals surface area contributed by atoms with Crippen LogP contribution in [-0.2, 0) is 6.54 Å². The molecule has 1 fully saturated rings. The van der Waals surface area contributed by atoms with Gasteiger partial charge in [0.15, 0.2) is 0 Å². The van der Waals surface area contributed by atoms with Crippen LogP contribution in [0.3, 0.4) is 0 Å². The third-order valence-electron chi connectivity index (χ3n) is 4.46. The SMILES string of the molecule is CC(C)CNCc1cccc(N2CCC(C(C)C)CC2)n1. The van der Waals surface area contributed by atoms with Crippen molar-refractivity contribution in [2.24, 2.45) is 17.8 Å². The molecule has 0 unspecified atom stereocenters. The van der Waals surface area contributed by atoms with E-state index in [-0.39, 0.29) is 0 Å². The second kappa shape index (κ2) is 7.79. The molecule has 0 saturated carbocycles. The van der Waals surface area contributed by atoms with Crippen LogP contribution in [0.4, 0.5) is 5.82 Å². The van der Waals surface area contributed by atoms with E-state index < -0.39 is 0 Å². The molecule has 0 atom stereocenters. The summed E-state index contributed by atoms with van der Waals surface area (Å²) >= 11 is 0. The van der Waals surface area contributed by atoms with Crippen LogP contribution < -0.4 is 10.2 Å². The zero-order valence-electron chi connectivity index (χ0n) is 14.1. The molecule has 2 rings (SSSR count). The average Bonchev–Trinajstić information content (AvgIpc) is 2.47. The van der Waals surface area contributed by atoms with Crippen LogP contribution >= 0.6 is 0 Å². The van der Waals surface area contributed by atoms with E-state index in [1.807, 2.05) is 0 Å². The van der Waals surface area contributed by atoms with E-state index in [0.29, 0.717) is 5.92 Å². The molecular formula is C18H31N3. The first-order chi connectivity index (χ1) is 10.1. The number of anilines is 1. The molecule has 1 aromatic heterocycles. The Balaban J connectivity index is 1.89. The minimum Gasteiger partial charge on any atom is -0.357 e. The summed E-state index contributed by atoms with van der Waals surface area (Å²) in [6.07, 6.45) is 2.60. The van der Waals surface area contributed by atoms with E-state index in [4.69, 9.17) is 4.98 Å². The number of pyridine rings is 1. The van der Waals surface area contributed by atoms with Gasteiger partial charge in [-0.2, -0.15) is 0 Å². The zero-order chi connectivity index (χ0) is 15.2. The number of nitrogens with zero attached hydrogens (tertiary/aromatic N) is 2. The van der Waals surface area contributed by atoms with Crippen LogP contribution in [-0.4, -0.2) is 24.6 Å². The predicted octanol–water partition coefficient (Wildman–Crippen LogP) is 3.70. The number of nitrogens with one attached hydrogen (secondary N) is 1. The number of hydrogen-bond donors (Lipinski definition) is 1. The molecule has 3 nitrogen and oxygen atoms in total. The summed E-state index contributed by atoms with van der Waals surface area (Å²) in [4.78, 5) is 7.28. The number of aromatic nitrogens is 1. The molecule has 1 aliphatic heterocycles. The monoisotopic (exact) mass is 289 g/mol. The maximum Gasteiger partial charge on any atom is 0.128 e. The van der Waals surface area contributed by atoms with Gasteiger partial charge in [-0.05, 0) is 49.3 Å². The Labute approximate surface area is 130 Å². The number of hydrogen-bond acceptors (Lipinski definition) is 3. The smallest absolute Gasteiger partial charge is 0.128 e. The van der Waals surface area contributed by atoms with Gasteiger partial charge in [0.05, 0.1) is 5.69 Å². The highest BCUT2D eigenvalue weighted by Gasteiger charge is 2.22. The molecule has 0 amide bonds. The lowest BCUT2D eigenvalue weighted by molar-refractivity contribution is 0.310. The highest BCUT2D eigenvalue weighted by molar-refractivity contribution is 5.39. The highest BCUT2D eigenvalue weighted by atomic mass is 15.2. The lowest BCUT2D eigenvalue weighted by Gasteiger charge is -2.34. The van der Waals surface area contributed by atoms with Crippen LogP contribution in [0.1, 0.15) is 46.2 Å². The van der Waals surface area contributed by atoms with Crippen LogP contribution in [0, 0.1) is 17.8 Å². The van der Waals surface area contributed by atoms with Crippen molar-refractivity contribution in [2.75, 3.05) is 24.5 Å². The highest BCUT2D eigenvalue weighted by Crippen LogP contribution is 2.26. The minimum atomic E-state index is 0.684. The van der Waals surface area contributed by atoms with Crippen LogP contribution in [0.25, 0.3) is 0 Å². The summed E-state index contributed by atoms with van der Waals surface area (Å²) < 4.78 is 0. The molecule has 3 heteroatoms. The third kappa shape index (κ3) is 4.99. The van der Waals surface area contributed by atoms with E-state index >= 15 is 0 Å². The Morgan fingerprint density at radius 1 is 1.19 bits per heavy atom. The van der Waals surface area contributed by atoms with E-state index in [1.165, 1.54) is 12.8 Å². The Morgan fingerprint density at radius 2 is 1.90 bits per heavy atom. The Kier molecular flexibility index (Phi) is 6.04. The lowest BCUT2D eigenvalue weighted by atomic mass is 9.87. The summed E-state index contributed by atoms with van der Waals surface area (Å²) in [5.41, 5.74) is 1.15. The lowest BCUT2D eigenvalue weighted by Crippen LogP contribution is -2.35.